The van der Waals surface area contributed by atoms with Gasteiger partial charge in [0.15, 0.2) is 0 Å². The Labute approximate surface area is 126 Å². The van der Waals surface area contributed by atoms with Crippen LogP contribution >= 0.6 is 0 Å². The maximum Gasteiger partial charge on any atom is 0.310 e. The molecule has 0 aliphatic carbocycles. The van der Waals surface area contributed by atoms with Crippen molar-refractivity contribution < 1.29 is 14.7 Å². The minimum atomic E-state index is -0.852. The number of hydrogen-bond donors (Lipinski definition) is 2. The molecular formula is C17H25NO3. The van der Waals surface area contributed by atoms with Gasteiger partial charge in [-0.1, -0.05) is 39.3 Å². The molecule has 21 heavy (non-hydrogen) atoms. The summed E-state index contributed by atoms with van der Waals surface area (Å²) in [6, 6.07) is 7.02. The third kappa shape index (κ3) is 4.88. The second kappa shape index (κ2) is 7.81. The minimum Gasteiger partial charge on any atom is -0.481 e. The van der Waals surface area contributed by atoms with E-state index in [2.05, 4.69) is 26.1 Å². The van der Waals surface area contributed by atoms with Gasteiger partial charge in [0.1, 0.15) is 0 Å². The second-order valence-corrected chi connectivity index (χ2v) is 5.81. The molecule has 116 valence electrons. The predicted molar refractivity (Wildman–Crippen MR) is 84.4 cm³/mol. The summed E-state index contributed by atoms with van der Waals surface area (Å²) in [5.74, 6) is -1.05. The van der Waals surface area contributed by atoms with E-state index in [4.69, 9.17) is 5.11 Å². The van der Waals surface area contributed by atoms with Crippen LogP contribution in [0.3, 0.4) is 0 Å². The first-order valence-electron chi connectivity index (χ1n) is 7.50. The van der Waals surface area contributed by atoms with Gasteiger partial charge in [-0.2, -0.15) is 0 Å². The Hall–Kier alpha value is -1.84. The molecule has 2 unspecified atom stereocenters. The van der Waals surface area contributed by atoms with Gasteiger partial charge in [-0.3, -0.25) is 9.59 Å². The van der Waals surface area contributed by atoms with Crippen molar-refractivity contribution in [1.29, 1.82) is 0 Å². The number of aliphatic carboxylic acids is 1. The van der Waals surface area contributed by atoms with Gasteiger partial charge in [0, 0.05) is 11.6 Å². The molecule has 0 aliphatic heterocycles. The summed E-state index contributed by atoms with van der Waals surface area (Å²) in [5, 5.41) is 11.9. The molecule has 2 N–H and O–H groups in total. The van der Waals surface area contributed by atoms with Crippen molar-refractivity contribution in [1.82, 2.24) is 0 Å². The van der Waals surface area contributed by atoms with E-state index >= 15 is 0 Å². The van der Waals surface area contributed by atoms with Crippen LogP contribution in [0.5, 0.6) is 0 Å². The van der Waals surface area contributed by atoms with E-state index < -0.39 is 11.9 Å². The lowest BCUT2D eigenvalue weighted by Gasteiger charge is -2.19. The maximum absolute atomic E-state index is 12.3. The average Bonchev–Trinajstić information content (AvgIpc) is 2.44. The first-order chi connectivity index (χ1) is 9.86. The first kappa shape index (κ1) is 17.2. The van der Waals surface area contributed by atoms with E-state index in [0.717, 1.165) is 18.4 Å². The molecule has 0 heterocycles. The summed E-state index contributed by atoms with van der Waals surface area (Å²) < 4.78 is 0. The van der Waals surface area contributed by atoms with E-state index in [1.54, 1.807) is 31.2 Å². The Morgan fingerprint density at radius 1 is 1.14 bits per heavy atom. The monoisotopic (exact) mass is 291 g/mol. The molecule has 1 aromatic carbocycles. The van der Waals surface area contributed by atoms with Crippen LogP contribution in [0.1, 0.15) is 52.0 Å². The number of nitrogens with one attached hydrogen (secondary N) is 1. The molecule has 1 amide bonds. The number of anilines is 1. The number of carbonyl (C=O) groups excluding carboxylic acids is 1. The molecule has 0 fully saturated rings. The van der Waals surface area contributed by atoms with Crippen molar-refractivity contribution >= 4 is 17.6 Å². The highest BCUT2D eigenvalue weighted by Gasteiger charge is 2.21. The van der Waals surface area contributed by atoms with Crippen molar-refractivity contribution in [3.05, 3.63) is 29.8 Å². The summed E-state index contributed by atoms with van der Waals surface area (Å²) in [6.45, 7) is 7.83. The number of carbonyl (C=O) groups is 2. The Bertz CT molecular complexity index is 479. The normalized spacial score (nSPS) is 13.8. The van der Waals surface area contributed by atoms with Crippen molar-refractivity contribution in [2.75, 3.05) is 5.32 Å². The summed E-state index contributed by atoms with van der Waals surface area (Å²) in [7, 11) is 0. The SMILES string of the molecule is CCCC(C(=O)Nc1ccc(C(C)C(=O)O)cc1)C(C)C. The lowest BCUT2D eigenvalue weighted by Crippen LogP contribution is -2.26. The van der Waals surface area contributed by atoms with Crippen molar-refractivity contribution in [3.8, 4) is 0 Å². The van der Waals surface area contributed by atoms with Gasteiger partial charge in [-0.25, -0.2) is 0 Å². The van der Waals surface area contributed by atoms with Gasteiger partial charge in [0.2, 0.25) is 5.91 Å². The Morgan fingerprint density at radius 3 is 2.14 bits per heavy atom. The van der Waals surface area contributed by atoms with Crippen LogP contribution in [-0.4, -0.2) is 17.0 Å². The number of hydrogen-bond acceptors (Lipinski definition) is 2. The van der Waals surface area contributed by atoms with Crippen molar-refractivity contribution in [3.63, 3.8) is 0 Å². The fourth-order valence-electron chi connectivity index (χ4n) is 2.31. The van der Waals surface area contributed by atoms with Gasteiger partial charge < -0.3 is 10.4 Å². The molecule has 4 nitrogen and oxygen atoms in total. The maximum atomic E-state index is 12.3. The van der Waals surface area contributed by atoms with Crippen LogP contribution in [0.2, 0.25) is 0 Å². The Morgan fingerprint density at radius 2 is 1.71 bits per heavy atom. The largest absolute Gasteiger partial charge is 0.481 e. The highest BCUT2D eigenvalue weighted by molar-refractivity contribution is 5.92. The zero-order valence-corrected chi connectivity index (χ0v) is 13.2. The van der Waals surface area contributed by atoms with Crippen LogP contribution in [0, 0.1) is 11.8 Å². The fourth-order valence-corrected chi connectivity index (χ4v) is 2.31. The molecule has 0 saturated heterocycles. The summed E-state index contributed by atoms with van der Waals surface area (Å²) in [5.41, 5.74) is 1.44. The second-order valence-electron chi connectivity index (χ2n) is 5.81. The highest BCUT2D eigenvalue weighted by Crippen LogP contribution is 2.21. The number of carboxylic acid groups (broad SMARTS) is 1. The standard InChI is InChI=1S/C17H25NO3/c1-5-6-15(11(2)3)16(19)18-14-9-7-13(8-10-14)12(4)17(20)21/h7-12,15H,5-6H2,1-4H3,(H,18,19)(H,20,21). The Kier molecular flexibility index (Phi) is 6.40. The average molecular weight is 291 g/mol. The smallest absolute Gasteiger partial charge is 0.310 e. The first-order valence-corrected chi connectivity index (χ1v) is 7.50. The van der Waals surface area contributed by atoms with Crippen LogP contribution in [0.15, 0.2) is 24.3 Å². The highest BCUT2D eigenvalue weighted by atomic mass is 16.4. The van der Waals surface area contributed by atoms with Gasteiger partial charge in [0.25, 0.3) is 0 Å². The fraction of sp³-hybridized carbons (Fsp3) is 0.529. The van der Waals surface area contributed by atoms with Gasteiger partial charge in [-0.15, -0.1) is 0 Å². The molecular weight excluding hydrogens is 266 g/mol. The molecule has 0 bridgehead atoms. The van der Waals surface area contributed by atoms with Gasteiger partial charge >= 0.3 is 5.97 Å². The molecule has 1 aromatic rings. The number of benzene rings is 1. The van der Waals surface area contributed by atoms with Gasteiger partial charge in [0.05, 0.1) is 5.92 Å². The van der Waals surface area contributed by atoms with Crippen molar-refractivity contribution in [2.24, 2.45) is 11.8 Å². The van der Waals surface area contributed by atoms with E-state index in [9.17, 15) is 9.59 Å². The molecule has 0 spiro atoms. The number of amides is 1. The zero-order valence-electron chi connectivity index (χ0n) is 13.2. The molecule has 0 aromatic heterocycles. The lowest BCUT2D eigenvalue weighted by atomic mass is 9.90. The lowest BCUT2D eigenvalue weighted by molar-refractivity contribution is -0.138. The van der Waals surface area contributed by atoms with E-state index in [0.29, 0.717) is 11.6 Å². The molecule has 0 aliphatic rings. The van der Waals surface area contributed by atoms with Crippen LogP contribution in [0.4, 0.5) is 5.69 Å². The molecule has 1 rings (SSSR count). The minimum absolute atomic E-state index is 0.00706. The molecule has 0 saturated carbocycles. The third-order valence-corrected chi connectivity index (χ3v) is 3.79. The van der Waals surface area contributed by atoms with E-state index in [1.807, 2.05) is 0 Å². The molecule has 0 radical (unpaired) electrons. The van der Waals surface area contributed by atoms with Crippen LogP contribution in [0.25, 0.3) is 0 Å². The number of rotatable bonds is 7. The molecule has 4 heteroatoms. The number of carboxylic acids is 1. The zero-order chi connectivity index (χ0) is 16.0. The topological polar surface area (TPSA) is 66.4 Å². The predicted octanol–water partition coefficient (Wildman–Crippen LogP) is 3.89. The van der Waals surface area contributed by atoms with E-state index in [-0.39, 0.29) is 11.8 Å². The third-order valence-electron chi connectivity index (χ3n) is 3.79. The van der Waals surface area contributed by atoms with Crippen molar-refractivity contribution in [2.45, 2.75) is 46.5 Å². The van der Waals surface area contributed by atoms with Gasteiger partial charge in [-0.05, 0) is 37.0 Å². The Balaban J connectivity index is 2.75. The van der Waals surface area contributed by atoms with Crippen LogP contribution < -0.4 is 5.32 Å². The quantitative estimate of drug-likeness (QED) is 0.801. The van der Waals surface area contributed by atoms with Crippen LogP contribution in [-0.2, 0) is 9.59 Å². The molecule has 2 atom stereocenters. The summed E-state index contributed by atoms with van der Waals surface area (Å²) in [6.07, 6.45) is 1.85. The van der Waals surface area contributed by atoms with E-state index in [1.165, 1.54) is 0 Å². The summed E-state index contributed by atoms with van der Waals surface area (Å²) in [4.78, 5) is 23.2. The summed E-state index contributed by atoms with van der Waals surface area (Å²) >= 11 is 0.